The molecule has 166 valence electrons. The summed E-state index contributed by atoms with van der Waals surface area (Å²) < 4.78 is 20.5. The van der Waals surface area contributed by atoms with Gasteiger partial charge in [0.25, 0.3) is 0 Å². The van der Waals surface area contributed by atoms with Gasteiger partial charge in [0.1, 0.15) is 5.82 Å². The predicted molar refractivity (Wildman–Crippen MR) is 126 cm³/mol. The fourth-order valence-electron chi connectivity index (χ4n) is 3.44. The van der Waals surface area contributed by atoms with Crippen LogP contribution >= 0.6 is 11.3 Å². The Morgan fingerprint density at radius 3 is 2.72 bits per heavy atom. The summed E-state index contributed by atoms with van der Waals surface area (Å²) in [5.41, 5.74) is 4.55. The van der Waals surface area contributed by atoms with Crippen molar-refractivity contribution in [3.05, 3.63) is 77.2 Å². The minimum Gasteiger partial charge on any atom is -0.383 e. The molecule has 0 saturated heterocycles. The first kappa shape index (κ1) is 22.0. The molecule has 2 heterocycles. The number of rotatable bonds is 8. The van der Waals surface area contributed by atoms with Gasteiger partial charge in [-0.25, -0.2) is 14.2 Å². The highest BCUT2D eigenvalue weighted by atomic mass is 32.1. The maximum absolute atomic E-state index is 13.2. The van der Waals surface area contributed by atoms with Crippen LogP contribution in [0.3, 0.4) is 0 Å². The SMILES string of the molecule is COCCN(CCc1csc2nc(-c3ccc(F)cc3)cn12)C(=O)Nc1ccccc1C. The molecule has 0 aliphatic carbocycles. The van der Waals surface area contributed by atoms with Crippen molar-refractivity contribution in [1.29, 1.82) is 0 Å². The lowest BCUT2D eigenvalue weighted by Gasteiger charge is -2.23. The molecule has 32 heavy (non-hydrogen) atoms. The average Bonchev–Trinajstić information content (AvgIpc) is 3.37. The molecule has 2 aromatic carbocycles. The average molecular weight is 453 g/mol. The number of nitrogens with one attached hydrogen (secondary N) is 1. The Labute approximate surface area is 190 Å². The van der Waals surface area contributed by atoms with E-state index >= 15 is 0 Å². The van der Waals surface area contributed by atoms with Crippen molar-refractivity contribution in [2.24, 2.45) is 0 Å². The van der Waals surface area contributed by atoms with E-state index in [4.69, 9.17) is 4.74 Å². The Bertz CT molecular complexity index is 1200. The van der Waals surface area contributed by atoms with Gasteiger partial charge in [-0.3, -0.25) is 4.40 Å². The first-order valence-corrected chi connectivity index (χ1v) is 11.2. The molecule has 0 aliphatic rings. The summed E-state index contributed by atoms with van der Waals surface area (Å²) in [6, 6.07) is 13.9. The third kappa shape index (κ3) is 4.98. The molecule has 0 atom stereocenters. The number of halogens is 1. The van der Waals surface area contributed by atoms with Crippen molar-refractivity contribution >= 4 is 28.0 Å². The molecule has 1 N–H and O–H groups in total. The number of amides is 2. The number of fused-ring (bicyclic) bond motifs is 1. The van der Waals surface area contributed by atoms with Gasteiger partial charge in [0, 0.05) is 55.1 Å². The van der Waals surface area contributed by atoms with Gasteiger partial charge < -0.3 is 15.0 Å². The molecule has 2 amide bonds. The first-order chi connectivity index (χ1) is 15.5. The molecule has 6 nitrogen and oxygen atoms in total. The van der Waals surface area contributed by atoms with E-state index in [1.54, 1.807) is 35.5 Å². The molecule has 8 heteroatoms. The van der Waals surface area contributed by atoms with Gasteiger partial charge in [-0.2, -0.15) is 0 Å². The quantitative estimate of drug-likeness (QED) is 0.398. The van der Waals surface area contributed by atoms with Crippen LogP contribution in [0.5, 0.6) is 0 Å². The van der Waals surface area contributed by atoms with E-state index in [0.717, 1.165) is 33.2 Å². The number of hydrogen-bond acceptors (Lipinski definition) is 4. The van der Waals surface area contributed by atoms with Gasteiger partial charge in [-0.05, 0) is 42.8 Å². The second-order valence-corrected chi connectivity index (χ2v) is 8.32. The van der Waals surface area contributed by atoms with Crippen LogP contribution in [0.15, 0.2) is 60.1 Å². The van der Waals surface area contributed by atoms with Crippen molar-refractivity contribution in [2.75, 3.05) is 32.1 Å². The number of aryl methyl sites for hydroxylation is 1. The van der Waals surface area contributed by atoms with Crippen molar-refractivity contribution in [3.8, 4) is 11.3 Å². The zero-order chi connectivity index (χ0) is 22.5. The fourth-order valence-corrected chi connectivity index (χ4v) is 4.35. The van der Waals surface area contributed by atoms with E-state index in [0.29, 0.717) is 26.1 Å². The van der Waals surface area contributed by atoms with Gasteiger partial charge in [-0.15, -0.1) is 11.3 Å². The van der Waals surface area contributed by atoms with Crippen molar-refractivity contribution in [1.82, 2.24) is 14.3 Å². The van der Waals surface area contributed by atoms with Crippen molar-refractivity contribution in [3.63, 3.8) is 0 Å². The number of urea groups is 1. The lowest BCUT2D eigenvalue weighted by molar-refractivity contribution is 0.155. The summed E-state index contributed by atoms with van der Waals surface area (Å²) in [5, 5.41) is 5.06. The minimum absolute atomic E-state index is 0.152. The number of carbonyl (C=O) groups excluding carboxylic acids is 1. The van der Waals surface area contributed by atoms with E-state index in [-0.39, 0.29) is 11.8 Å². The maximum atomic E-state index is 13.2. The lowest BCUT2D eigenvalue weighted by Crippen LogP contribution is -2.39. The van der Waals surface area contributed by atoms with E-state index in [1.165, 1.54) is 12.1 Å². The van der Waals surface area contributed by atoms with Gasteiger partial charge in [0.2, 0.25) is 0 Å². The predicted octanol–water partition coefficient (Wildman–Crippen LogP) is 5.23. The number of hydrogen-bond donors (Lipinski definition) is 1. The summed E-state index contributed by atoms with van der Waals surface area (Å²) in [5.74, 6) is -0.268. The molecule has 2 aromatic heterocycles. The molecule has 0 spiro atoms. The number of benzene rings is 2. The topological polar surface area (TPSA) is 58.9 Å². The molecule has 0 saturated carbocycles. The van der Waals surface area contributed by atoms with E-state index in [1.807, 2.05) is 41.8 Å². The van der Waals surface area contributed by atoms with Crippen LogP contribution in [0.2, 0.25) is 0 Å². The van der Waals surface area contributed by atoms with Gasteiger partial charge >= 0.3 is 6.03 Å². The smallest absolute Gasteiger partial charge is 0.321 e. The number of nitrogens with zero attached hydrogens (tertiary/aromatic N) is 3. The monoisotopic (exact) mass is 452 g/mol. The van der Waals surface area contributed by atoms with Gasteiger partial charge in [0.15, 0.2) is 4.96 Å². The summed E-state index contributed by atoms with van der Waals surface area (Å²) in [6.45, 7) is 3.46. The van der Waals surface area contributed by atoms with Crippen LogP contribution in [0.1, 0.15) is 11.3 Å². The van der Waals surface area contributed by atoms with Crippen molar-refractivity contribution in [2.45, 2.75) is 13.3 Å². The standard InChI is InChI=1S/C24H25FN4O2S/c1-17-5-3-4-6-21(17)26-23(30)28(13-14-31-2)12-11-20-16-32-24-27-22(15-29(20)24)18-7-9-19(25)10-8-18/h3-10,15-16H,11-14H2,1-2H3,(H,26,30). The lowest BCUT2D eigenvalue weighted by atomic mass is 10.2. The number of ether oxygens (including phenoxy) is 1. The molecule has 4 aromatic rings. The van der Waals surface area contributed by atoms with Gasteiger partial charge in [0.05, 0.1) is 12.3 Å². The summed E-state index contributed by atoms with van der Waals surface area (Å²) in [7, 11) is 1.63. The zero-order valence-electron chi connectivity index (χ0n) is 18.0. The number of carbonyl (C=O) groups is 1. The van der Waals surface area contributed by atoms with Gasteiger partial charge in [-0.1, -0.05) is 18.2 Å². The van der Waals surface area contributed by atoms with Crippen LogP contribution in [-0.4, -0.2) is 47.1 Å². The molecule has 0 unspecified atom stereocenters. The number of anilines is 1. The zero-order valence-corrected chi connectivity index (χ0v) is 18.9. The third-order valence-corrected chi connectivity index (χ3v) is 6.19. The Balaban J connectivity index is 1.48. The molecular formula is C24H25FN4O2S. The number of methoxy groups -OCH3 is 1. The maximum Gasteiger partial charge on any atom is 0.321 e. The third-order valence-electron chi connectivity index (χ3n) is 5.30. The van der Waals surface area contributed by atoms with Crippen LogP contribution < -0.4 is 5.32 Å². The summed E-state index contributed by atoms with van der Waals surface area (Å²) in [6.07, 6.45) is 2.63. The highest BCUT2D eigenvalue weighted by Gasteiger charge is 2.16. The van der Waals surface area contributed by atoms with Crippen LogP contribution in [-0.2, 0) is 11.2 Å². The van der Waals surface area contributed by atoms with E-state index < -0.39 is 0 Å². The van der Waals surface area contributed by atoms with E-state index in [9.17, 15) is 9.18 Å². The number of para-hydroxylation sites is 1. The highest BCUT2D eigenvalue weighted by Crippen LogP contribution is 2.24. The summed E-state index contributed by atoms with van der Waals surface area (Å²) in [4.78, 5) is 20.2. The Kier molecular flexibility index (Phi) is 6.82. The summed E-state index contributed by atoms with van der Waals surface area (Å²) >= 11 is 1.55. The molecule has 0 fully saturated rings. The molecule has 0 bridgehead atoms. The second-order valence-electron chi connectivity index (χ2n) is 7.49. The minimum atomic E-state index is -0.268. The first-order valence-electron chi connectivity index (χ1n) is 10.4. The Hall–Kier alpha value is -3.23. The van der Waals surface area contributed by atoms with E-state index in [2.05, 4.69) is 15.7 Å². The number of aromatic nitrogens is 2. The molecule has 4 rings (SSSR count). The highest BCUT2D eigenvalue weighted by molar-refractivity contribution is 7.15. The Morgan fingerprint density at radius 2 is 1.97 bits per heavy atom. The molecular weight excluding hydrogens is 427 g/mol. The van der Waals surface area contributed by atoms with Crippen molar-refractivity contribution < 1.29 is 13.9 Å². The number of thiazole rings is 1. The molecule has 0 radical (unpaired) electrons. The second kappa shape index (κ2) is 9.93. The fraction of sp³-hybridized carbons (Fsp3) is 0.250. The largest absolute Gasteiger partial charge is 0.383 e. The van der Waals surface area contributed by atoms with Crippen LogP contribution in [0.4, 0.5) is 14.9 Å². The Morgan fingerprint density at radius 1 is 1.19 bits per heavy atom. The molecule has 0 aliphatic heterocycles. The van der Waals surface area contributed by atoms with Crippen LogP contribution in [0.25, 0.3) is 16.2 Å². The van der Waals surface area contributed by atoms with Crippen LogP contribution in [0, 0.1) is 12.7 Å². The number of imidazole rings is 1. The normalized spacial score (nSPS) is 11.1.